The average Bonchev–Trinajstić information content (AvgIpc) is 3.20. The van der Waals surface area contributed by atoms with Crippen molar-refractivity contribution in [2.45, 2.75) is 38.3 Å². The summed E-state index contributed by atoms with van der Waals surface area (Å²) >= 11 is 0. The summed E-state index contributed by atoms with van der Waals surface area (Å²) in [5.41, 5.74) is 0.844. The molecule has 2 amide bonds. The Bertz CT molecular complexity index is 738. The van der Waals surface area contributed by atoms with Gasteiger partial charge in [-0.3, -0.25) is 10.2 Å². The van der Waals surface area contributed by atoms with E-state index in [0.29, 0.717) is 23.7 Å². The molecule has 2 aliphatic heterocycles. The van der Waals surface area contributed by atoms with Crippen molar-refractivity contribution < 1.29 is 13.7 Å². The van der Waals surface area contributed by atoms with Gasteiger partial charge in [0.1, 0.15) is 5.76 Å². The first-order valence-electron chi connectivity index (χ1n) is 8.41. The topological polar surface area (TPSA) is 74.8 Å². The van der Waals surface area contributed by atoms with Gasteiger partial charge in [-0.2, -0.15) is 0 Å². The van der Waals surface area contributed by atoms with Crippen molar-refractivity contribution in [3.63, 3.8) is 0 Å². The van der Waals surface area contributed by atoms with Crippen LogP contribution in [0.2, 0.25) is 0 Å². The summed E-state index contributed by atoms with van der Waals surface area (Å²) in [5.74, 6) is 1.78. The first-order valence-corrected chi connectivity index (χ1v) is 8.41. The predicted octanol–water partition coefficient (Wildman–Crippen LogP) is 2.94. The van der Waals surface area contributed by atoms with Crippen LogP contribution in [0.1, 0.15) is 25.0 Å². The van der Waals surface area contributed by atoms with E-state index in [1.165, 1.54) is 12.8 Å². The van der Waals surface area contributed by atoms with Crippen LogP contribution in [0.15, 0.2) is 27.3 Å². The maximum absolute atomic E-state index is 12.6. The monoisotopic (exact) mass is 330 g/mol. The maximum Gasteiger partial charge on any atom is 0.323 e. The van der Waals surface area contributed by atoms with Crippen molar-refractivity contribution in [1.82, 2.24) is 15.0 Å². The fraction of sp³-hybridized carbons (Fsp3) is 0.529. The first-order chi connectivity index (χ1) is 11.6. The van der Waals surface area contributed by atoms with E-state index < -0.39 is 0 Å². The van der Waals surface area contributed by atoms with Gasteiger partial charge in [-0.15, -0.1) is 0 Å². The fourth-order valence-electron chi connectivity index (χ4n) is 3.78. The second kappa shape index (κ2) is 5.98. The SMILES string of the molecule is Cc1occc1-c1cc(NC(=O)N2CC[C@H]3CC[C@@H](C2)N3C)no1. The van der Waals surface area contributed by atoms with Gasteiger partial charge < -0.3 is 13.8 Å². The second-order valence-electron chi connectivity index (χ2n) is 6.68. The molecule has 0 aromatic carbocycles. The molecule has 2 fully saturated rings. The highest BCUT2D eigenvalue weighted by molar-refractivity contribution is 5.88. The summed E-state index contributed by atoms with van der Waals surface area (Å²) in [7, 11) is 2.17. The minimum Gasteiger partial charge on any atom is -0.469 e. The molecule has 24 heavy (non-hydrogen) atoms. The number of hydrogen-bond donors (Lipinski definition) is 1. The number of likely N-dealkylation sites (tertiary alicyclic amines) is 1. The van der Waals surface area contributed by atoms with E-state index in [1.54, 1.807) is 12.3 Å². The van der Waals surface area contributed by atoms with Gasteiger partial charge in [-0.05, 0) is 39.3 Å². The number of hydrogen-bond acceptors (Lipinski definition) is 5. The molecule has 0 unspecified atom stereocenters. The van der Waals surface area contributed by atoms with Gasteiger partial charge >= 0.3 is 6.03 Å². The molecule has 0 radical (unpaired) electrons. The molecule has 4 heterocycles. The Kier molecular flexibility index (Phi) is 3.80. The van der Waals surface area contributed by atoms with E-state index >= 15 is 0 Å². The number of aryl methyl sites for hydroxylation is 1. The van der Waals surface area contributed by atoms with Gasteiger partial charge in [0, 0.05) is 31.2 Å². The third kappa shape index (κ3) is 2.69. The molecule has 2 aromatic heterocycles. The molecule has 2 aliphatic rings. The molecule has 2 atom stereocenters. The number of aromatic nitrogens is 1. The summed E-state index contributed by atoms with van der Waals surface area (Å²) in [6.07, 6.45) is 5.04. The van der Waals surface area contributed by atoms with Crippen LogP contribution in [0.3, 0.4) is 0 Å². The van der Waals surface area contributed by atoms with Gasteiger partial charge in [-0.1, -0.05) is 5.16 Å². The van der Waals surface area contributed by atoms with E-state index in [9.17, 15) is 4.79 Å². The minimum absolute atomic E-state index is 0.111. The lowest BCUT2D eigenvalue weighted by molar-refractivity contribution is 0.200. The third-order valence-corrected chi connectivity index (χ3v) is 5.31. The Morgan fingerprint density at radius 2 is 2.17 bits per heavy atom. The zero-order valence-corrected chi connectivity index (χ0v) is 14.0. The zero-order chi connectivity index (χ0) is 16.7. The molecule has 2 saturated heterocycles. The number of fused-ring (bicyclic) bond motifs is 2. The fourth-order valence-corrected chi connectivity index (χ4v) is 3.78. The molecule has 4 rings (SSSR count). The summed E-state index contributed by atoms with van der Waals surface area (Å²) in [6.45, 7) is 3.41. The van der Waals surface area contributed by atoms with Crippen molar-refractivity contribution in [3.05, 3.63) is 24.2 Å². The molecule has 0 spiro atoms. The Hall–Kier alpha value is -2.28. The molecule has 2 aromatic rings. The van der Waals surface area contributed by atoms with Crippen LogP contribution >= 0.6 is 0 Å². The van der Waals surface area contributed by atoms with Crippen LogP contribution in [-0.4, -0.2) is 53.2 Å². The highest BCUT2D eigenvalue weighted by atomic mass is 16.5. The van der Waals surface area contributed by atoms with Gasteiger partial charge in [0.2, 0.25) is 0 Å². The molecular formula is C17H22N4O3. The average molecular weight is 330 g/mol. The number of urea groups is 1. The molecule has 2 bridgehead atoms. The quantitative estimate of drug-likeness (QED) is 0.916. The third-order valence-electron chi connectivity index (χ3n) is 5.31. The van der Waals surface area contributed by atoms with Crippen molar-refractivity contribution in [3.8, 4) is 11.3 Å². The number of carbonyl (C=O) groups excluding carboxylic acids is 1. The Morgan fingerprint density at radius 3 is 2.96 bits per heavy atom. The van der Waals surface area contributed by atoms with Crippen LogP contribution in [-0.2, 0) is 0 Å². The second-order valence-corrected chi connectivity index (χ2v) is 6.68. The van der Waals surface area contributed by atoms with Crippen molar-refractivity contribution in [2.75, 3.05) is 25.5 Å². The molecule has 7 nitrogen and oxygen atoms in total. The molecular weight excluding hydrogens is 308 g/mol. The molecule has 1 N–H and O–H groups in total. The van der Waals surface area contributed by atoms with Gasteiger partial charge in [0.05, 0.1) is 11.8 Å². The van der Waals surface area contributed by atoms with E-state index in [0.717, 1.165) is 30.8 Å². The van der Waals surface area contributed by atoms with Crippen LogP contribution in [0, 0.1) is 6.92 Å². The minimum atomic E-state index is -0.111. The van der Waals surface area contributed by atoms with Crippen molar-refractivity contribution in [2.24, 2.45) is 0 Å². The largest absolute Gasteiger partial charge is 0.469 e. The Labute approximate surface area is 140 Å². The van der Waals surface area contributed by atoms with E-state index in [2.05, 4.69) is 22.4 Å². The normalized spacial score (nSPS) is 24.2. The van der Waals surface area contributed by atoms with Crippen molar-refractivity contribution >= 4 is 11.8 Å². The Balaban J connectivity index is 1.43. The van der Waals surface area contributed by atoms with Crippen LogP contribution < -0.4 is 5.32 Å². The van der Waals surface area contributed by atoms with Crippen LogP contribution in [0.25, 0.3) is 11.3 Å². The van der Waals surface area contributed by atoms with Gasteiger partial charge in [-0.25, -0.2) is 4.79 Å². The zero-order valence-electron chi connectivity index (χ0n) is 14.0. The number of carbonyl (C=O) groups is 1. The van der Waals surface area contributed by atoms with Gasteiger partial charge in [0.25, 0.3) is 0 Å². The van der Waals surface area contributed by atoms with E-state index in [4.69, 9.17) is 8.94 Å². The highest BCUT2D eigenvalue weighted by Gasteiger charge is 2.36. The highest BCUT2D eigenvalue weighted by Crippen LogP contribution is 2.29. The molecule has 0 aliphatic carbocycles. The lowest BCUT2D eigenvalue weighted by Gasteiger charge is -2.25. The number of nitrogens with one attached hydrogen (secondary N) is 1. The summed E-state index contributed by atoms with van der Waals surface area (Å²) < 4.78 is 10.6. The lowest BCUT2D eigenvalue weighted by atomic mass is 10.1. The smallest absolute Gasteiger partial charge is 0.323 e. The van der Waals surface area contributed by atoms with Crippen LogP contribution in [0.4, 0.5) is 10.6 Å². The number of anilines is 1. The first kappa shape index (κ1) is 15.3. The molecule has 7 heteroatoms. The van der Waals surface area contributed by atoms with E-state index in [-0.39, 0.29) is 6.03 Å². The summed E-state index contributed by atoms with van der Waals surface area (Å²) in [5, 5.41) is 6.80. The van der Waals surface area contributed by atoms with Crippen LogP contribution in [0.5, 0.6) is 0 Å². The number of likely N-dealkylation sites (N-methyl/N-ethyl adjacent to an activating group) is 1. The summed E-state index contributed by atoms with van der Waals surface area (Å²) in [4.78, 5) is 16.9. The maximum atomic E-state index is 12.6. The van der Waals surface area contributed by atoms with E-state index in [1.807, 2.05) is 17.9 Å². The molecule has 0 saturated carbocycles. The standard InChI is InChI=1S/C17H22N4O3/c1-11-14(6-8-23-11)15-9-16(19-24-15)18-17(22)21-7-5-12-3-4-13(10-21)20(12)2/h6,8-9,12-13H,3-5,7,10H2,1-2H3,(H,18,19,22)/t12-,13+/m1/s1. The lowest BCUT2D eigenvalue weighted by Crippen LogP contribution is -2.41. The Morgan fingerprint density at radius 1 is 1.33 bits per heavy atom. The number of rotatable bonds is 2. The summed E-state index contributed by atoms with van der Waals surface area (Å²) in [6, 6.07) is 4.51. The number of amides is 2. The number of nitrogens with zero attached hydrogens (tertiary/aromatic N) is 3. The molecule has 128 valence electrons. The number of furan rings is 1. The predicted molar refractivity (Wildman–Crippen MR) is 88.7 cm³/mol. The van der Waals surface area contributed by atoms with Crippen molar-refractivity contribution in [1.29, 1.82) is 0 Å². The van der Waals surface area contributed by atoms with Gasteiger partial charge in [0.15, 0.2) is 11.6 Å².